The van der Waals surface area contributed by atoms with Crippen LogP contribution in [0, 0.1) is 5.92 Å². The zero-order chi connectivity index (χ0) is 18.2. The minimum atomic E-state index is -0.513. The van der Waals surface area contributed by atoms with E-state index in [1.807, 2.05) is 12.1 Å². The lowest BCUT2D eigenvalue weighted by molar-refractivity contribution is -0.119. The third kappa shape index (κ3) is 5.95. The number of esters is 1. The second kappa shape index (κ2) is 8.87. The predicted molar refractivity (Wildman–Crippen MR) is 96.9 cm³/mol. The Morgan fingerprint density at radius 3 is 2.20 bits per heavy atom. The van der Waals surface area contributed by atoms with E-state index in [4.69, 9.17) is 9.47 Å². The molecule has 2 rings (SSSR count). The average molecular weight is 341 g/mol. The molecule has 132 valence electrons. The van der Waals surface area contributed by atoms with Crippen molar-refractivity contribution < 1.29 is 19.1 Å². The van der Waals surface area contributed by atoms with Gasteiger partial charge in [0.2, 0.25) is 0 Å². The molecule has 0 bridgehead atoms. The summed E-state index contributed by atoms with van der Waals surface area (Å²) in [6.07, 6.45) is 0.958. The van der Waals surface area contributed by atoms with Crippen LogP contribution in [-0.2, 0) is 16.0 Å². The Bertz CT molecular complexity index is 705. The lowest BCUT2D eigenvalue weighted by atomic mass is 10.0. The van der Waals surface area contributed by atoms with Gasteiger partial charge in [0, 0.05) is 5.69 Å². The SMILES string of the molecule is COc1ccc(NC(=O)COC(=O)c2ccc(CC(C)C)cc2)cc1. The van der Waals surface area contributed by atoms with E-state index in [-0.39, 0.29) is 6.61 Å². The Balaban J connectivity index is 1.83. The molecule has 0 aliphatic heterocycles. The van der Waals surface area contributed by atoms with Gasteiger partial charge >= 0.3 is 5.97 Å². The summed E-state index contributed by atoms with van der Waals surface area (Å²) in [4.78, 5) is 23.9. The summed E-state index contributed by atoms with van der Waals surface area (Å²) < 4.78 is 10.1. The zero-order valence-corrected chi connectivity index (χ0v) is 14.7. The van der Waals surface area contributed by atoms with E-state index in [1.54, 1.807) is 43.5 Å². The fraction of sp³-hybridized carbons (Fsp3) is 0.300. The number of hydrogen-bond acceptors (Lipinski definition) is 4. The van der Waals surface area contributed by atoms with Crippen molar-refractivity contribution in [1.29, 1.82) is 0 Å². The number of amides is 1. The monoisotopic (exact) mass is 341 g/mol. The van der Waals surface area contributed by atoms with Crippen LogP contribution in [0.3, 0.4) is 0 Å². The maximum Gasteiger partial charge on any atom is 0.338 e. The van der Waals surface area contributed by atoms with Crippen molar-refractivity contribution in [3.05, 3.63) is 59.7 Å². The highest BCUT2D eigenvalue weighted by Crippen LogP contribution is 2.15. The number of anilines is 1. The van der Waals surface area contributed by atoms with Gasteiger partial charge in [0.1, 0.15) is 5.75 Å². The molecule has 0 spiro atoms. The largest absolute Gasteiger partial charge is 0.497 e. The molecule has 0 radical (unpaired) electrons. The lowest BCUT2D eigenvalue weighted by Crippen LogP contribution is -2.20. The van der Waals surface area contributed by atoms with Crippen LogP contribution in [0.5, 0.6) is 5.75 Å². The molecule has 0 unspecified atom stereocenters. The van der Waals surface area contributed by atoms with Crippen LogP contribution in [0.25, 0.3) is 0 Å². The number of carbonyl (C=O) groups excluding carboxylic acids is 2. The molecule has 0 saturated heterocycles. The van der Waals surface area contributed by atoms with Crippen LogP contribution in [0.2, 0.25) is 0 Å². The molecule has 0 fully saturated rings. The van der Waals surface area contributed by atoms with Crippen molar-refractivity contribution in [2.45, 2.75) is 20.3 Å². The van der Waals surface area contributed by atoms with Gasteiger partial charge in [-0.3, -0.25) is 4.79 Å². The second-order valence-electron chi connectivity index (χ2n) is 6.15. The molecule has 5 heteroatoms. The Kier molecular flexibility index (Phi) is 6.57. The number of benzene rings is 2. The van der Waals surface area contributed by atoms with E-state index in [9.17, 15) is 9.59 Å². The number of ether oxygens (including phenoxy) is 2. The Morgan fingerprint density at radius 1 is 1.00 bits per heavy atom. The molecule has 0 aliphatic carbocycles. The fourth-order valence-electron chi connectivity index (χ4n) is 2.33. The molecule has 25 heavy (non-hydrogen) atoms. The normalized spacial score (nSPS) is 10.4. The zero-order valence-electron chi connectivity index (χ0n) is 14.7. The van der Waals surface area contributed by atoms with Crippen molar-refractivity contribution in [3.8, 4) is 5.75 Å². The summed E-state index contributed by atoms with van der Waals surface area (Å²) in [6.45, 7) is 3.95. The average Bonchev–Trinajstić information content (AvgIpc) is 2.60. The van der Waals surface area contributed by atoms with Crippen molar-refractivity contribution >= 4 is 17.6 Å². The van der Waals surface area contributed by atoms with Gasteiger partial charge in [-0.05, 0) is 54.3 Å². The summed E-state index contributed by atoms with van der Waals surface area (Å²) in [5, 5.41) is 2.66. The highest BCUT2D eigenvalue weighted by Gasteiger charge is 2.11. The first-order valence-corrected chi connectivity index (χ1v) is 8.18. The van der Waals surface area contributed by atoms with Gasteiger partial charge in [-0.15, -0.1) is 0 Å². The summed E-state index contributed by atoms with van der Waals surface area (Å²) in [7, 11) is 1.57. The Hall–Kier alpha value is -2.82. The van der Waals surface area contributed by atoms with E-state index < -0.39 is 11.9 Å². The molecule has 2 aromatic rings. The molecule has 5 nitrogen and oxygen atoms in total. The van der Waals surface area contributed by atoms with Crippen molar-refractivity contribution in [3.63, 3.8) is 0 Å². The van der Waals surface area contributed by atoms with Gasteiger partial charge in [0.25, 0.3) is 5.91 Å². The molecular weight excluding hydrogens is 318 g/mol. The fourth-order valence-corrected chi connectivity index (χ4v) is 2.33. The predicted octanol–water partition coefficient (Wildman–Crippen LogP) is 3.69. The third-order valence-corrected chi connectivity index (χ3v) is 3.54. The smallest absolute Gasteiger partial charge is 0.338 e. The van der Waals surface area contributed by atoms with Gasteiger partial charge in [-0.1, -0.05) is 26.0 Å². The van der Waals surface area contributed by atoms with Crippen molar-refractivity contribution in [2.24, 2.45) is 5.92 Å². The standard InChI is InChI=1S/C20H23NO4/c1-14(2)12-15-4-6-16(7-5-15)20(23)25-13-19(22)21-17-8-10-18(24-3)11-9-17/h4-11,14H,12-13H2,1-3H3,(H,21,22). The maximum absolute atomic E-state index is 12.0. The first-order valence-electron chi connectivity index (χ1n) is 8.18. The molecular formula is C20H23NO4. The summed E-state index contributed by atoms with van der Waals surface area (Å²) in [5.74, 6) is 0.348. The third-order valence-electron chi connectivity index (χ3n) is 3.54. The minimum absolute atomic E-state index is 0.335. The quantitative estimate of drug-likeness (QED) is 0.780. The lowest BCUT2D eigenvalue weighted by Gasteiger charge is -2.08. The molecule has 0 aromatic heterocycles. The highest BCUT2D eigenvalue weighted by molar-refractivity contribution is 5.95. The maximum atomic E-state index is 12.0. The second-order valence-corrected chi connectivity index (χ2v) is 6.15. The van der Waals surface area contributed by atoms with Crippen molar-refractivity contribution in [1.82, 2.24) is 0 Å². The first-order chi connectivity index (χ1) is 12.0. The number of rotatable bonds is 7. The molecule has 1 amide bonds. The highest BCUT2D eigenvalue weighted by atomic mass is 16.5. The Morgan fingerprint density at radius 2 is 1.64 bits per heavy atom. The van der Waals surface area contributed by atoms with Crippen LogP contribution in [0.4, 0.5) is 5.69 Å². The van der Waals surface area contributed by atoms with E-state index in [0.29, 0.717) is 22.9 Å². The van der Waals surface area contributed by atoms with Crippen LogP contribution < -0.4 is 10.1 Å². The van der Waals surface area contributed by atoms with Gasteiger partial charge in [0.15, 0.2) is 6.61 Å². The Labute approximate surface area is 148 Å². The van der Waals surface area contributed by atoms with Gasteiger partial charge < -0.3 is 14.8 Å². The summed E-state index contributed by atoms with van der Waals surface area (Å²) >= 11 is 0. The van der Waals surface area contributed by atoms with E-state index in [2.05, 4.69) is 19.2 Å². The van der Waals surface area contributed by atoms with Crippen molar-refractivity contribution in [2.75, 3.05) is 19.0 Å². The summed E-state index contributed by atoms with van der Waals surface area (Å²) in [6, 6.07) is 14.2. The van der Waals surface area contributed by atoms with E-state index in [0.717, 1.165) is 6.42 Å². The van der Waals surface area contributed by atoms with E-state index >= 15 is 0 Å². The van der Waals surface area contributed by atoms with Crippen LogP contribution in [0.1, 0.15) is 29.8 Å². The van der Waals surface area contributed by atoms with Crippen LogP contribution in [0.15, 0.2) is 48.5 Å². The number of hydrogen-bond donors (Lipinski definition) is 1. The molecule has 0 saturated carbocycles. The molecule has 1 N–H and O–H groups in total. The minimum Gasteiger partial charge on any atom is -0.497 e. The van der Waals surface area contributed by atoms with E-state index in [1.165, 1.54) is 5.56 Å². The summed E-state index contributed by atoms with van der Waals surface area (Å²) in [5.41, 5.74) is 2.22. The van der Waals surface area contributed by atoms with Crippen LogP contribution in [-0.4, -0.2) is 25.6 Å². The number of nitrogens with one attached hydrogen (secondary N) is 1. The van der Waals surface area contributed by atoms with Gasteiger partial charge in [-0.2, -0.15) is 0 Å². The first kappa shape index (κ1) is 18.5. The van der Waals surface area contributed by atoms with Crippen LogP contribution >= 0.6 is 0 Å². The molecule has 0 atom stereocenters. The molecule has 0 aliphatic rings. The van der Waals surface area contributed by atoms with Gasteiger partial charge in [0.05, 0.1) is 12.7 Å². The number of carbonyl (C=O) groups is 2. The molecule has 0 heterocycles. The number of methoxy groups -OCH3 is 1. The van der Waals surface area contributed by atoms with Gasteiger partial charge in [-0.25, -0.2) is 4.79 Å². The molecule has 2 aromatic carbocycles. The topological polar surface area (TPSA) is 64.6 Å².